The van der Waals surface area contributed by atoms with Crippen LogP contribution in [0.5, 0.6) is 0 Å². The monoisotopic (exact) mass is 366 g/mol. The molecule has 6 nitrogen and oxygen atoms in total. The van der Waals surface area contributed by atoms with E-state index in [1.165, 1.54) is 0 Å². The number of nitrogens with zero attached hydrogens (tertiary/aromatic N) is 3. The number of hydrogen-bond donors (Lipinski definition) is 1. The second kappa shape index (κ2) is 7.66. The molecule has 1 saturated heterocycles. The van der Waals surface area contributed by atoms with Crippen molar-refractivity contribution in [1.82, 2.24) is 14.8 Å². The van der Waals surface area contributed by atoms with Gasteiger partial charge in [-0.05, 0) is 38.0 Å². The van der Waals surface area contributed by atoms with Crippen LogP contribution < -0.4 is 5.32 Å². The lowest BCUT2D eigenvalue weighted by molar-refractivity contribution is 0.185. The first-order chi connectivity index (χ1) is 13.2. The average Bonchev–Trinajstić information content (AvgIpc) is 3.31. The van der Waals surface area contributed by atoms with Gasteiger partial charge in [-0.2, -0.15) is 5.10 Å². The van der Waals surface area contributed by atoms with Gasteiger partial charge in [-0.25, -0.2) is 4.98 Å². The van der Waals surface area contributed by atoms with Gasteiger partial charge in [0.15, 0.2) is 0 Å². The molecule has 27 heavy (non-hydrogen) atoms. The highest BCUT2D eigenvalue weighted by molar-refractivity contribution is 5.91. The fourth-order valence-corrected chi connectivity index (χ4v) is 3.57. The van der Waals surface area contributed by atoms with E-state index in [4.69, 9.17) is 14.5 Å². The third-order valence-corrected chi connectivity index (χ3v) is 4.87. The second-order valence-electron chi connectivity index (χ2n) is 7.31. The van der Waals surface area contributed by atoms with Gasteiger partial charge in [0, 0.05) is 25.3 Å². The van der Waals surface area contributed by atoms with Crippen LogP contribution in [-0.4, -0.2) is 41.1 Å². The Balaban J connectivity index is 1.81. The molecule has 142 valence electrons. The Morgan fingerprint density at radius 1 is 1.33 bits per heavy atom. The summed E-state index contributed by atoms with van der Waals surface area (Å²) in [5, 5.41) is 8.24. The molecular formula is C21H26N4O2. The normalized spacial score (nSPS) is 17.1. The molecule has 0 radical (unpaired) electrons. The molecular weight excluding hydrogens is 340 g/mol. The van der Waals surface area contributed by atoms with Gasteiger partial charge in [0.25, 0.3) is 0 Å². The van der Waals surface area contributed by atoms with E-state index in [-0.39, 0.29) is 6.04 Å². The molecule has 0 bridgehead atoms. The summed E-state index contributed by atoms with van der Waals surface area (Å²) in [6.45, 7) is 6.40. The van der Waals surface area contributed by atoms with Gasteiger partial charge in [0.2, 0.25) is 0 Å². The van der Waals surface area contributed by atoms with E-state index in [1.54, 1.807) is 7.11 Å². The highest BCUT2D eigenvalue weighted by Crippen LogP contribution is 2.31. The summed E-state index contributed by atoms with van der Waals surface area (Å²) in [6.07, 6.45) is 2.87. The molecule has 3 heterocycles. The van der Waals surface area contributed by atoms with Crippen molar-refractivity contribution in [3.05, 3.63) is 42.1 Å². The molecule has 3 aromatic rings. The number of hydrogen-bond acceptors (Lipinski definition) is 5. The zero-order chi connectivity index (χ0) is 18.8. The van der Waals surface area contributed by atoms with Crippen LogP contribution in [0.1, 0.15) is 31.9 Å². The smallest absolute Gasteiger partial charge is 0.111 e. The summed E-state index contributed by atoms with van der Waals surface area (Å²) >= 11 is 0. The molecule has 2 aromatic heterocycles. The van der Waals surface area contributed by atoms with E-state index < -0.39 is 0 Å². The van der Waals surface area contributed by atoms with Crippen molar-refractivity contribution >= 4 is 16.7 Å². The van der Waals surface area contributed by atoms with Crippen molar-refractivity contribution in [3.63, 3.8) is 0 Å². The molecule has 0 amide bonds. The lowest BCUT2D eigenvalue weighted by atomic mass is 10.1. The Labute approximate surface area is 159 Å². The Hall–Kier alpha value is -2.44. The quantitative estimate of drug-likeness (QED) is 0.714. The maximum atomic E-state index is 5.54. The third kappa shape index (κ3) is 3.68. The lowest BCUT2D eigenvalue weighted by Crippen LogP contribution is -2.20. The van der Waals surface area contributed by atoms with Crippen molar-refractivity contribution in [2.75, 3.05) is 25.6 Å². The number of benzene rings is 1. The van der Waals surface area contributed by atoms with E-state index in [2.05, 4.69) is 48.5 Å². The van der Waals surface area contributed by atoms with E-state index in [1.807, 2.05) is 16.9 Å². The summed E-state index contributed by atoms with van der Waals surface area (Å²) < 4.78 is 12.8. The van der Waals surface area contributed by atoms with Crippen LogP contribution in [0, 0.1) is 0 Å². The number of methoxy groups -OCH3 is 1. The molecule has 1 fully saturated rings. The molecule has 1 N–H and O–H groups in total. The first kappa shape index (κ1) is 17.9. The Morgan fingerprint density at radius 2 is 2.22 bits per heavy atom. The van der Waals surface area contributed by atoms with Gasteiger partial charge in [0.1, 0.15) is 11.0 Å². The number of aromatic nitrogens is 3. The van der Waals surface area contributed by atoms with Gasteiger partial charge in [-0.3, -0.25) is 4.68 Å². The van der Waals surface area contributed by atoms with E-state index >= 15 is 0 Å². The molecule has 4 rings (SSSR count). The largest absolute Gasteiger partial charge is 0.380 e. The first-order valence-electron chi connectivity index (χ1n) is 9.46. The summed E-state index contributed by atoms with van der Waals surface area (Å²) in [5.74, 6) is 0. The van der Waals surface area contributed by atoms with E-state index in [0.29, 0.717) is 12.6 Å². The summed E-state index contributed by atoms with van der Waals surface area (Å²) in [7, 11) is 1.71. The highest BCUT2D eigenvalue weighted by Gasteiger charge is 2.20. The fraction of sp³-hybridized carbons (Fsp3) is 0.429. The van der Waals surface area contributed by atoms with Crippen LogP contribution in [0.2, 0.25) is 0 Å². The minimum absolute atomic E-state index is 0.264. The molecule has 1 aliphatic heterocycles. The van der Waals surface area contributed by atoms with Crippen molar-refractivity contribution in [3.8, 4) is 11.3 Å². The number of anilines is 1. The number of pyridine rings is 1. The van der Waals surface area contributed by atoms with Crippen LogP contribution >= 0.6 is 0 Å². The van der Waals surface area contributed by atoms with Gasteiger partial charge in [-0.1, -0.05) is 18.2 Å². The Morgan fingerprint density at radius 3 is 2.96 bits per heavy atom. The van der Waals surface area contributed by atoms with Crippen LogP contribution in [0.25, 0.3) is 22.3 Å². The SMILES string of the molecule is COCc1cccc(-c2cc(N[C@@H]3CCOC3)c3c(cnn3C(C)C)n2)c1. The van der Waals surface area contributed by atoms with Crippen molar-refractivity contribution < 1.29 is 9.47 Å². The standard InChI is InChI=1S/C21H26N4O2/c1-14(2)25-21-19(23-17-7-8-27-13-17)10-18(24-20(21)11-22-25)16-6-4-5-15(9-16)12-26-3/h4-6,9-11,14,17H,7-8,12-13H2,1-3H3,(H,23,24)/t17-/m1/s1. The Kier molecular flexibility index (Phi) is 5.09. The van der Waals surface area contributed by atoms with Gasteiger partial charge >= 0.3 is 0 Å². The molecule has 0 unspecified atom stereocenters. The van der Waals surface area contributed by atoms with E-state index in [9.17, 15) is 0 Å². The third-order valence-electron chi connectivity index (χ3n) is 4.87. The van der Waals surface area contributed by atoms with Gasteiger partial charge in [0.05, 0.1) is 36.8 Å². The van der Waals surface area contributed by atoms with Gasteiger partial charge in [-0.15, -0.1) is 0 Å². The van der Waals surface area contributed by atoms with Crippen LogP contribution in [0.3, 0.4) is 0 Å². The zero-order valence-electron chi connectivity index (χ0n) is 16.1. The number of ether oxygens (including phenoxy) is 2. The molecule has 6 heteroatoms. The Bertz CT molecular complexity index is 929. The predicted molar refractivity (Wildman–Crippen MR) is 107 cm³/mol. The van der Waals surface area contributed by atoms with Crippen LogP contribution in [0.15, 0.2) is 36.5 Å². The predicted octanol–water partition coefficient (Wildman–Crippen LogP) is 4.03. The summed E-state index contributed by atoms with van der Waals surface area (Å²) in [6, 6.07) is 11.0. The number of nitrogens with one attached hydrogen (secondary N) is 1. The topological polar surface area (TPSA) is 61.2 Å². The molecule has 0 aliphatic carbocycles. The fourth-order valence-electron chi connectivity index (χ4n) is 3.57. The summed E-state index contributed by atoms with van der Waals surface area (Å²) in [5.41, 5.74) is 6.16. The zero-order valence-corrected chi connectivity index (χ0v) is 16.1. The van der Waals surface area contributed by atoms with Gasteiger partial charge < -0.3 is 14.8 Å². The maximum absolute atomic E-state index is 5.54. The average molecular weight is 366 g/mol. The maximum Gasteiger partial charge on any atom is 0.111 e. The number of rotatable bonds is 6. The second-order valence-corrected chi connectivity index (χ2v) is 7.31. The minimum atomic E-state index is 0.264. The van der Waals surface area contributed by atoms with Crippen molar-refractivity contribution in [2.24, 2.45) is 0 Å². The molecule has 1 atom stereocenters. The molecule has 1 aliphatic rings. The lowest BCUT2D eigenvalue weighted by Gasteiger charge is -2.17. The first-order valence-corrected chi connectivity index (χ1v) is 9.46. The minimum Gasteiger partial charge on any atom is -0.380 e. The van der Waals surface area contributed by atoms with Crippen molar-refractivity contribution in [1.29, 1.82) is 0 Å². The van der Waals surface area contributed by atoms with E-state index in [0.717, 1.165) is 53.2 Å². The summed E-state index contributed by atoms with van der Waals surface area (Å²) in [4.78, 5) is 4.89. The van der Waals surface area contributed by atoms with Crippen LogP contribution in [-0.2, 0) is 16.1 Å². The number of fused-ring (bicyclic) bond motifs is 1. The molecule has 0 spiro atoms. The molecule has 1 aromatic carbocycles. The van der Waals surface area contributed by atoms with Crippen LogP contribution in [0.4, 0.5) is 5.69 Å². The molecule has 0 saturated carbocycles. The highest BCUT2D eigenvalue weighted by atomic mass is 16.5. The van der Waals surface area contributed by atoms with Crippen molar-refractivity contribution in [2.45, 2.75) is 39.0 Å².